The van der Waals surface area contributed by atoms with E-state index in [-0.39, 0.29) is 6.04 Å². The predicted octanol–water partition coefficient (Wildman–Crippen LogP) is 2.64. The van der Waals surface area contributed by atoms with Gasteiger partial charge >= 0.3 is 0 Å². The van der Waals surface area contributed by atoms with Gasteiger partial charge in [0.25, 0.3) is 0 Å². The lowest BCUT2D eigenvalue weighted by Crippen LogP contribution is -2.17. The molecule has 3 heteroatoms. The van der Waals surface area contributed by atoms with Crippen LogP contribution in [0.3, 0.4) is 0 Å². The van der Waals surface area contributed by atoms with Gasteiger partial charge in [0, 0.05) is 6.04 Å². The molecule has 1 aromatic rings. The van der Waals surface area contributed by atoms with E-state index in [2.05, 4.69) is 5.32 Å². The fourth-order valence-corrected chi connectivity index (χ4v) is 1.21. The lowest BCUT2D eigenvalue weighted by molar-refractivity contribution is 0.502. The van der Waals surface area contributed by atoms with Gasteiger partial charge in [0.05, 0.1) is 0 Å². The second-order valence-corrected chi connectivity index (χ2v) is 2.95. The van der Waals surface area contributed by atoms with Gasteiger partial charge in [-0.05, 0) is 31.2 Å². The molecule has 1 atom stereocenters. The topological polar surface area (TPSA) is 12.0 Å². The van der Waals surface area contributed by atoms with E-state index in [1.165, 1.54) is 6.07 Å². The highest BCUT2D eigenvalue weighted by Crippen LogP contribution is 2.15. The number of hydrogen-bond acceptors (Lipinski definition) is 1. The highest BCUT2D eigenvalue weighted by atomic mass is 19.2. The van der Waals surface area contributed by atoms with E-state index in [0.29, 0.717) is 0 Å². The quantitative estimate of drug-likeness (QED) is 0.763. The highest BCUT2D eigenvalue weighted by Gasteiger charge is 2.07. The maximum absolute atomic E-state index is 12.8. The molecule has 1 N–H and O–H groups in total. The minimum absolute atomic E-state index is 0.0556. The Morgan fingerprint density at radius 2 is 2.00 bits per heavy atom. The van der Waals surface area contributed by atoms with Crippen molar-refractivity contribution in [2.24, 2.45) is 0 Å². The van der Waals surface area contributed by atoms with Gasteiger partial charge in [-0.15, -0.1) is 0 Å². The van der Waals surface area contributed by atoms with Crippen molar-refractivity contribution in [3.8, 4) is 0 Å². The largest absolute Gasteiger partial charge is 0.310 e. The minimum Gasteiger partial charge on any atom is -0.310 e. The zero-order valence-electron chi connectivity index (χ0n) is 7.77. The molecule has 0 saturated carbocycles. The number of nitrogens with one attached hydrogen (secondary N) is 1. The van der Waals surface area contributed by atoms with E-state index in [1.54, 1.807) is 6.07 Å². The van der Waals surface area contributed by atoms with Crippen LogP contribution in [0, 0.1) is 11.6 Å². The van der Waals surface area contributed by atoms with Gasteiger partial charge in [0.15, 0.2) is 11.6 Å². The van der Waals surface area contributed by atoms with Gasteiger partial charge in [0.2, 0.25) is 0 Å². The van der Waals surface area contributed by atoms with Gasteiger partial charge in [-0.25, -0.2) is 8.78 Å². The molecule has 0 aliphatic carbocycles. The van der Waals surface area contributed by atoms with E-state index < -0.39 is 11.6 Å². The lowest BCUT2D eigenvalue weighted by Gasteiger charge is -2.12. The first kappa shape index (κ1) is 10.1. The number of hydrogen-bond donors (Lipinski definition) is 1. The van der Waals surface area contributed by atoms with E-state index in [1.807, 2.05) is 13.8 Å². The Labute approximate surface area is 76.8 Å². The summed E-state index contributed by atoms with van der Waals surface area (Å²) < 4.78 is 25.3. The first-order chi connectivity index (χ1) is 6.15. The summed E-state index contributed by atoms with van der Waals surface area (Å²) in [6, 6.07) is 4.02. The van der Waals surface area contributed by atoms with Gasteiger partial charge < -0.3 is 5.32 Å². The van der Waals surface area contributed by atoms with Crippen molar-refractivity contribution in [1.29, 1.82) is 0 Å². The molecule has 0 saturated heterocycles. The second kappa shape index (κ2) is 4.33. The first-order valence-corrected chi connectivity index (χ1v) is 4.33. The fourth-order valence-electron chi connectivity index (χ4n) is 1.21. The van der Waals surface area contributed by atoms with Crippen LogP contribution in [0.25, 0.3) is 0 Å². The van der Waals surface area contributed by atoms with Crippen LogP contribution in [0.2, 0.25) is 0 Å². The molecule has 0 aliphatic rings. The molecule has 1 unspecified atom stereocenters. The van der Waals surface area contributed by atoms with Crippen LogP contribution >= 0.6 is 0 Å². The molecule has 0 fully saturated rings. The zero-order valence-corrected chi connectivity index (χ0v) is 7.77. The molecular weight excluding hydrogens is 172 g/mol. The molecule has 13 heavy (non-hydrogen) atoms. The minimum atomic E-state index is -0.799. The van der Waals surface area contributed by atoms with Crippen molar-refractivity contribution in [2.45, 2.75) is 19.9 Å². The summed E-state index contributed by atoms with van der Waals surface area (Å²) in [5, 5.41) is 3.12. The van der Waals surface area contributed by atoms with E-state index in [0.717, 1.165) is 18.2 Å². The summed E-state index contributed by atoms with van der Waals surface area (Å²) >= 11 is 0. The standard InChI is InChI=1S/C10H13F2N/c1-3-13-7(2)8-4-5-9(11)10(12)6-8/h4-7,13H,3H2,1-2H3. The van der Waals surface area contributed by atoms with Crippen LogP contribution in [-0.4, -0.2) is 6.54 Å². The Bertz CT molecular complexity index is 286. The Morgan fingerprint density at radius 1 is 1.31 bits per heavy atom. The Kier molecular flexibility index (Phi) is 3.37. The van der Waals surface area contributed by atoms with E-state index in [9.17, 15) is 8.78 Å². The fraction of sp³-hybridized carbons (Fsp3) is 0.400. The van der Waals surface area contributed by atoms with Gasteiger partial charge in [-0.2, -0.15) is 0 Å². The van der Waals surface area contributed by atoms with Crippen molar-refractivity contribution in [2.75, 3.05) is 6.54 Å². The summed E-state index contributed by atoms with van der Waals surface area (Å²) in [4.78, 5) is 0. The molecule has 1 rings (SSSR count). The SMILES string of the molecule is CCNC(C)c1ccc(F)c(F)c1. The highest BCUT2D eigenvalue weighted by molar-refractivity contribution is 5.20. The number of halogens is 2. The molecule has 1 aromatic carbocycles. The third-order valence-corrected chi connectivity index (χ3v) is 1.95. The van der Waals surface area contributed by atoms with Gasteiger partial charge in [-0.3, -0.25) is 0 Å². The first-order valence-electron chi connectivity index (χ1n) is 4.33. The average Bonchev–Trinajstić information content (AvgIpc) is 2.10. The summed E-state index contributed by atoms with van der Waals surface area (Å²) in [6.45, 7) is 4.69. The average molecular weight is 185 g/mol. The molecule has 72 valence electrons. The maximum atomic E-state index is 12.8. The maximum Gasteiger partial charge on any atom is 0.159 e. The molecule has 0 aromatic heterocycles. The predicted molar refractivity (Wildman–Crippen MR) is 48.4 cm³/mol. The van der Waals surface area contributed by atoms with Crippen molar-refractivity contribution in [1.82, 2.24) is 5.32 Å². The van der Waals surface area contributed by atoms with Crippen LogP contribution in [0.5, 0.6) is 0 Å². The van der Waals surface area contributed by atoms with Crippen molar-refractivity contribution in [3.63, 3.8) is 0 Å². The van der Waals surface area contributed by atoms with Gasteiger partial charge in [-0.1, -0.05) is 13.0 Å². The monoisotopic (exact) mass is 185 g/mol. The van der Waals surface area contributed by atoms with E-state index >= 15 is 0 Å². The zero-order chi connectivity index (χ0) is 9.84. The second-order valence-electron chi connectivity index (χ2n) is 2.95. The number of benzene rings is 1. The van der Waals surface area contributed by atoms with Crippen LogP contribution in [0.4, 0.5) is 8.78 Å². The molecule has 0 aliphatic heterocycles. The van der Waals surface area contributed by atoms with Crippen molar-refractivity contribution < 1.29 is 8.78 Å². The summed E-state index contributed by atoms with van der Waals surface area (Å²) in [7, 11) is 0. The van der Waals surface area contributed by atoms with Crippen LogP contribution in [-0.2, 0) is 0 Å². The lowest BCUT2D eigenvalue weighted by atomic mass is 10.1. The van der Waals surface area contributed by atoms with Crippen molar-refractivity contribution >= 4 is 0 Å². The third-order valence-electron chi connectivity index (χ3n) is 1.95. The van der Waals surface area contributed by atoms with E-state index in [4.69, 9.17) is 0 Å². The Morgan fingerprint density at radius 3 is 2.54 bits per heavy atom. The summed E-state index contributed by atoms with van der Waals surface area (Å²) in [6.07, 6.45) is 0. The molecule has 0 radical (unpaired) electrons. The molecule has 0 amide bonds. The Hall–Kier alpha value is -0.960. The number of rotatable bonds is 3. The smallest absolute Gasteiger partial charge is 0.159 e. The summed E-state index contributed by atoms with van der Waals surface area (Å²) in [5.74, 6) is -1.59. The Balaban J connectivity index is 2.84. The normalized spacial score (nSPS) is 12.9. The summed E-state index contributed by atoms with van der Waals surface area (Å²) in [5.41, 5.74) is 0.765. The van der Waals surface area contributed by atoms with Crippen molar-refractivity contribution in [3.05, 3.63) is 35.4 Å². The van der Waals surface area contributed by atoms with Crippen LogP contribution < -0.4 is 5.32 Å². The molecule has 1 nitrogen and oxygen atoms in total. The van der Waals surface area contributed by atoms with Gasteiger partial charge in [0.1, 0.15) is 0 Å². The third kappa shape index (κ3) is 2.49. The van der Waals surface area contributed by atoms with Crippen LogP contribution in [0.1, 0.15) is 25.5 Å². The molecule has 0 spiro atoms. The molecule has 0 heterocycles. The molecular formula is C10H13F2N. The molecule has 0 bridgehead atoms. The van der Waals surface area contributed by atoms with Crippen LogP contribution in [0.15, 0.2) is 18.2 Å².